The first kappa shape index (κ1) is 32.6. The fourth-order valence-electron chi connectivity index (χ4n) is 6.65. The minimum absolute atomic E-state index is 0.0133. The number of nitrogens with zero attached hydrogens (tertiary/aromatic N) is 1. The molecule has 228 valence electrons. The molecule has 0 unspecified atom stereocenters. The average molecular weight is 642 g/mol. The molecule has 4 N–H and O–H groups in total. The second-order valence-corrected chi connectivity index (χ2v) is 15.2. The Morgan fingerprint density at radius 3 is 2.40 bits per heavy atom. The summed E-state index contributed by atoms with van der Waals surface area (Å²) in [4.78, 5) is 14.0. The molecule has 2 fully saturated rings. The zero-order valence-corrected chi connectivity index (χ0v) is 26.1. The van der Waals surface area contributed by atoms with Crippen LogP contribution in [0.3, 0.4) is 0 Å². The van der Waals surface area contributed by atoms with Crippen LogP contribution in [0.25, 0.3) is 0 Å². The van der Waals surface area contributed by atoms with Gasteiger partial charge in [-0.05, 0) is 67.2 Å². The van der Waals surface area contributed by atoms with Crippen LogP contribution in [0.5, 0.6) is 0 Å². The molecule has 1 aliphatic carbocycles. The summed E-state index contributed by atoms with van der Waals surface area (Å²) in [5.74, 6) is -3.33. The Hall–Kier alpha value is -2.29. The van der Waals surface area contributed by atoms with Crippen molar-refractivity contribution < 1.29 is 22.0 Å². The lowest BCUT2D eigenvalue weighted by molar-refractivity contribution is -0.124. The molecule has 12 heteroatoms. The summed E-state index contributed by atoms with van der Waals surface area (Å²) in [6.07, 6.45) is 2.57. The van der Waals surface area contributed by atoms with Crippen molar-refractivity contribution in [2.24, 2.45) is 16.5 Å². The van der Waals surface area contributed by atoms with Crippen LogP contribution in [0.2, 0.25) is 10.0 Å². The van der Waals surface area contributed by atoms with Crippen molar-refractivity contribution in [3.8, 4) is 6.07 Å². The molecule has 1 saturated carbocycles. The van der Waals surface area contributed by atoms with E-state index >= 15 is 8.78 Å². The van der Waals surface area contributed by atoms with Crippen molar-refractivity contribution in [3.05, 3.63) is 69.2 Å². The smallest absolute Gasteiger partial charge is 0.238 e. The van der Waals surface area contributed by atoms with Gasteiger partial charge in [0.1, 0.15) is 17.0 Å². The van der Waals surface area contributed by atoms with Crippen LogP contribution < -0.4 is 15.8 Å². The summed E-state index contributed by atoms with van der Waals surface area (Å²) in [6, 6.07) is 8.64. The molecule has 1 amide bonds. The number of hydrogen-bond acceptors (Lipinski definition) is 5. The van der Waals surface area contributed by atoms with Crippen LogP contribution in [-0.2, 0) is 20.2 Å². The number of nitrogens with two attached hydrogens (primary N) is 1. The SMILES string of the molecule is CC(C)(C)C[C@@H]1N[C@@H](C(=O)NC2CCC(CS(N)(=O)=O)CC2)[C@H](c2cccc(Cl)c2F)[C@@]1(C#N)c1ccc(Cl)cc1F. The predicted molar refractivity (Wildman–Crippen MR) is 159 cm³/mol. The summed E-state index contributed by atoms with van der Waals surface area (Å²) >= 11 is 12.3. The van der Waals surface area contributed by atoms with E-state index in [-0.39, 0.29) is 44.3 Å². The van der Waals surface area contributed by atoms with Gasteiger partial charge in [0, 0.05) is 28.6 Å². The topological polar surface area (TPSA) is 125 Å². The maximum Gasteiger partial charge on any atom is 0.238 e. The third-order valence-corrected chi connectivity index (χ3v) is 9.86. The summed E-state index contributed by atoms with van der Waals surface area (Å²) in [5.41, 5.74) is -2.02. The predicted octanol–water partition coefficient (Wildman–Crippen LogP) is 5.56. The molecule has 42 heavy (non-hydrogen) atoms. The molecule has 0 radical (unpaired) electrons. The number of carbonyl (C=O) groups excluding carboxylic acids is 1. The zero-order chi connectivity index (χ0) is 31.0. The third-order valence-electron chi connectivity index (χ3n) is 8.39. The van der Waals surface area contributed by atoms with E-state index in [4.69, 9.17) is 28.3 Å². The van der Waals surface area contributed by atoms with E-state index in [1.54, 1.807) is 6.07 Å². The van der Waals surface area contributed by atoms with Gasteiger partial charge >= 0.3 is 0 Å². The number of halogens is 4. The Balaban J connectivity index is 1.78. The van der Waals surface area contributed by atoms with E-state index in [9.17, 15) is 18.5 Å². The number of benzene rings is 2. The van der Waals surface area contributed by atoms with Crippen LogP contribution in [0.1, 0.15) is 69.9 Å². The van der Waals surface area contributed by atoms with Crippen molar-refractivity contribution in [2.75, 3.05) is 5.75 Å². The van der Waals surface area contributed by atoms with Gasteiger partial charge in [0.2, 0.25) is 15.9 Å². The first-order chi connectivity index (χ1) is 19.6. The Kier molecular flexibility index (Phi) is 9.61. The van der Waals surface area contributed by atoms with Crippen LogP contribution >= 0.6 is 23.2 Å². The quantitative estimate of drug-likeness (QED) is 0.366. The van der Waals surface area contributed by atoms with Crippen LogP contribution in [0.4, 0.5) is 8.78 Å². The van der Waals surface area contributed by atoms with Crippen molar-refractivity contribution in [1.29, 1.82) is 5.26 Å². The van der Waals surface area contributed by atoms with Crippen LogP contribution in [0, 0.1) is 34.3 Å². The lowest BCUT2D eigenvalue weighted by Gasteiger charge is -2.37. The molecule has 2 aromatic carbocycles. The van der Waals surface area contributed by atoms with E-state index < -0.39 is 51.0 Å². The number of primary sulfonamides is 1. The molecule has 1 saturated heterocycles. The maximum absolute atomic E-state index is 15.8. The minimum atomic E-state index is -3.61. The van der Waals surface area contributed by atoms with Gasteiger partial charge in [-0.15, -0.1) is 0 Å². The molecular formula is C30H36Cl2F2N4O3S. The standard InChI is InChI=1S/C30H36Cl2F2N4O3S/c1-29(2,3)14-24-30(16-35,21-12-9-18(31)13-23(21)33)25(20-5-4-6-22(32)26(20)34)27(38-24)28(39)37-19-10-7-17(8-11-19)15-42(36,40)41/h4-6,9,12-13,17,19,24-25,27,38H,7-8,10-11,14-15H2,1-3H3,(H,37,39)(H2,36,40,41)/t17?,19?,24-,25-,27+,30-/m0/s1. The van der Waals surface area contributed by atoms with Gasteiger partial charge in [-0.2, -0.15) is 5.26 Å². The van der Waals surface area contributed by atoms with Crippen molar-refractivity contribution >= 4 is 39.1 Å². The molecule has 4 rings (SSSR count). The van der Waals surface area contributed by atoms with E-state index in [0.29, 0.717) is 32.1 Å². The number of amides is 1. The number of hydrogen-bond donors (Lipinski definition) is 3. The Labute approximate surface area is 256 Å². The second kappa shape index (κ2) is 12.4. The fraction of sp³-hybridized carbons (Fsp3) is 0.533. The third kappa shape index (κ3) is 6.92. The van der Waals surface area contributed by atoms with Gasteiger partial charge in [0.15, 0.2) is 0 Å². The number of nitriles is 1. The first-order valence-corrected chi connectivity index (χ1v) is 16.4. The Bertz CT molecular complexity index is 1490. The maximum atomic E-state index is 15.8. The first-order valence-electron chi connectivity index (χ1n) is 13.9. The van der Waals surface area contributed by atoms with E-state index in [1.165, 1.54) is 24.3 Å². The van der Waals surface area contributed by atoms with Gasteiger partial charge in [0.05, 0.1) is 22.9 Å². The molecule has 2 aromatic rings. The van der Waals surface area contributed by atoms with E-state index in [2.05, 4.69) is 16.7 Å². The van der Waals surface area contributed by atoms with Crippen LogP contribution in [0.15, 0.2) is 36.4 Å². The highest BCUT2D eigenvalue weighted by Crippen LogP contribution is 2.52. The highest BCUT2D eigenvalue weighted by atomic mass is 35.5. The monoisotopic (exact) mass is 640 g/mol. The Morgan fingerprint density at radius 1 is 1.17 bits per heavy atom. The summed E-state index contributed by atoms with van der Waals surface area (Å²) < 4.78 is 54.6. The van der Waals surface area contributed by atoms with Crippen LogP contribution in [-0.4, -0.2) is 38.2 Å². The second-order valence-electron chi connectivity index (χ2n) is 12.7. The molecule has 0 aromatic heterocycles. The lowest BCUT2D eigenvalue weighted by atomic mass is 9.62. The van der Waals surface area contributed by atoms with Gasteiger partial charge < -0.3 is 10.6 Å². The normalized spacial score (nSPS) is 28.3. The summed E-state index contributed by atoms with van der Waals surface area (Å²) in [6.45, 7) is 5.91. The summed E-state index contributed by atoms with van der Waals surface area (Å²) in [5, 5.41) is 22.5. The molecule has 0 bridgehead atoms. The van der Waals surface area contributed by atoms with Gasteiger partial charge in [-0.25, -0.2) is 22.3 Å². The number of rotatable bonds is 7. The molecule has 0 spiro atoms. The molecule has 7 nitrogen and oxygen atoms in total. The summed E-state index contributed by atoms with van der Waals surface area (Å²) in [7, 11) is -3.61. The van der Waals surface area contributed by atoms with E-state index in [1.807, 2.05) is 20.8 Å². The Morgan fingerprint density at radius 2 is 1.83 bits per heavy atom. The highest BCUT2D eigenvalue weighted by Gasteiger charge is 2.61. The highest BCUT2D eigenvalue weighted by molar-refractivity contribution is 7.89. The minimum Gasteiger partial charge on any atom is -0.352 e. The molecule has 1 heterocycles. The number of sulfonamides is 1. The molecular weight excluding hydrogens is 605 g/mol. The van der Waals surface area contributed by atoms with E-state index in [0.717, 1.165) is 6.07 Å². The van der Waals surface area contributed by atoms with Gasteiger partial charge in [-0.3, -0.25) is 4.79 Å². The number of nitrogens with one attached hydrogen (secondary N) is 2. The molecule has 1 aliphatic heterocycles. The fourth-order valence-corrected chi connectivity index (χ4v) is 7.98. The van der Waals surface area contributed by atoms with Gasteiger partial charge in [0.25, 0.3) is 0 Å². The molecule has 2 aliphatic rings. The molecule has 4 atom stereocenters. The number of carbonyl (C=O) groups is 1. The lowest BCUT2D eigenvalue weighted by Crippen LogP contribution is -2.49. The largest absolute Gasteiger partial charge is 0.352 e. The average Bonchev–Trinajstić information content (AvgIpc) is 3.19. The van der Waals surface area contributed by atoms with Gasteiger partial charge in [-0.1, -0.05) is 62.2 Å². The zero-order valence-electron chi connectivity index (χ0n) is 23.8. The van der Waals surface area contributed by atoms with Crippen molar-refractivity contribution in [3.63, 3.8) is 0 Å². The van der Waals surface area contributed by atoms with Crippen molar-refractivity contribution in [2.45, 2.75) is 82.3 Å². The van der Waals surface area contributed by atoms with Crippen molar-refractivity contribution in [1.82, 2.24) is 10.6 Å².